The standard InChI is InChI=1S/C19H17N3O4S/c20-18(26)14-11-13(10-12-4-2-1-3-5-12)27-19(14)21-15(23)8-9-22-16(24)6-7-17(22)25/h1-7,11H,8-10H2,(H2,20,26)(H,21,23). The van der Waals surface area contributed by atoms with Crippen LogP contribution in [0.5, 0.6) is 0 Å². The van der Waals surface area contributed by atoms with E-state index in [4.69, 9.17) is 5.73 Å². The zero-order valence-electron chi connectivity index (χ0n) is 14.3. The first-order valence-corrected chi connectivity index (χ1v) is 9.05. The quantitative estimate of drug-likeness (QED) is 0.709. The summed E-state index contributed by atoms with van der Waals surface area (Å²) < 4.78 is 0. The lowest BCUT2D eigenvalue weighted by Gasteiger charge is -2.13. The van der Waals surface area contributed by atoms with Crippen molar-refractivity contribution in [3.8, 4) is 0 Å². The Labute approximate surface area is 159 Å². The Balaban J connectivity index is 1.66. The number of hydrogen-bond donors (Lipinski definition) is 2. The van der Waals surface area contributed by atoms with E-state index < -0.39 is 23.6 Å². The fraction of sp³-hybridized carbons (Fsp3) is 0.158. The molecule has 0 saturated carbocycles. The molecule has 0 bridgehead atoms. The van der Waals surface area contributed by atoms with Crippen molar-refractivity contribution in [1.82, 2.24) is 4.90 Å². The van der Waals surface area contributed by atoms with Crippen LogP contribution in [0.1, 0.15) is 27.2 Å². The van der Waals surface area contributed by atoms with E-state index in [-0.39, 0.29) is 18.5 Å². The van der Waals surface area contributed by atoms with Gasteiger partial charge in [0, 0.05) is 36.4 Å². The first-order chi connectivity index (χ1) is 12.9. The Morgan fingerprint density at radius 3 is 2.37 bits per heavy atom. The van der Waals surface area contributed by atoms with Crippen molar-refractivity contribution in [3.63, 3.8) is 0 Å². The number of amides is 4. The topological polar surface area (TPSA) is 110 Å². The first-order valence-electron chi connectivity index (χ1n) is 8.24. The zero-order valence-corrected chi connectivity index (χ0v) is 15.1. The van der Waals surface area contributed by atoms with Crippen LogP contribution < -0.4 is 11.1 Å². The van der Waals surface area contributed by atoms with Crippen LogP contribution in [0.4, 0.5) is 5.00 Å². The van der Waals surface area contributed by atoms with Gasteiger partial charge < -0.3 is 11.1 Å². The summed E-state index contributed by atoms with van der Waals surface area (Å²) in [6.07, 6.45) is 2.88. The minimum atomic E-state index is -0.630. The number of rotatable bonds is 7. The highest BCUT2D eigenvalue weighted by molar-refractivity contribution is 7.16. The third kappa shape index (κ3) is 4.48. The highest BCUT2D eigenvalue weighted by atomic mass is 32.1. The summed E-state index contributed by atoms with van der Waals surface area (Å²) in [6, 6.07) is 11.4. The number of carbonyl (C=O) groups excluding carboxylic acids is 4. The minimum absolute atomic E-state index is 0.0232. The Morgan fingerprint density at radius 1 is 1.07 bits per heavy atom. The first kappa shape index (κ1) is 18.5. The predicted molar refractivity (Wildman–Crippen MR) is 101 cm³/mol. The van der Waals surface area contributed by atoms with E-state index >= 15 is 0 Å². The molecule has 0 atom stereocenters. The van der Waals surface area contributed by atoms with E-state index in [2.05, 4.69) is 5.32 Å². The molecule has 0 aliphatic carbocycles. The highest BCUT2D eigenvalue weighted by Gasteiger charge is 2.24. The van der Waals surface area contributed by atoms with Crippen LogP contribution in [0.25, 0.3) is 0 Å². The van der Waals surface area contributed by atoms with Crippen molar-refractivity contribution in [1.29, 1.82) is 0 Å². The molecule has 27 heavy (non-hydrogen) atoms. The molecule has 0 fully saturated rings. The van der Waals surface area contributed by atoms with E-state index in [9.17, 15) is 19.2 Å². The lowest BCUT2D eigenvalue weighted by molar-refractivity contribution is -0.137. The van der Waals surface area contributed by atoms with Gasteiger partial charge in [-0.1, -0.05) is 30.3 Å². The molecule has 138 valence electrons. The molecule has 8 heteroatoms. The summed E-state index contributed by atoms with van der Waals surface area (Å²) in [6.45, 7) is -0.0232. The number of carbonyl (C=O) groups is 4. The van der Waals surface area contributed by atoms with Crippen molar-refractivity contribution in [2.45, 2.75) is 12.8 Å². The van der Waals surface area contributed by atoms with E-state index in [0.29, 0.717) is 11.4 Å². The molecule has 3 N–H and O–H groups in total. The average molecular weight is 383 g/mol. The molecule has 1 aliphatic rings. The zero-order chi connectivity index (χ0) is 19.4. The van der Waals surface area contributed by atoms with Crippen LogP contribution in [0.3, 0.4) is 0 Å². The fourth-order valence-corrected chi connectivity index (χ4v) is 3.77. The Kier molecular flexibility index (Phi) is 5.46. The SMILES string of the molecule is NC(=O)c1cc(Cc2ccccc2)sc1NC(=O)CCN1C(=O)C=CC1=O. The molecule has 0 spiro atoms. The van der Waals surface area contributed by atoms with Crippen LogP contribution >= 0.6 is 11.3 Å². The summed E-state index contributed by atoms with van der Waals surface area (Å²) in [5, 5.41) is 3.03. The second-order valence-electron chi connectivity index (χ2n) is 5.94. The molecule has 0 saturated heterocycles. The lowest BCUT2D eigenvalue weighted by Crippen LogP contribution is -2.33. The molecular formula is C19H17N3O4S. The van der Waals surface area contributed by atoms with Gasteiger partial charge in [0.15, 0.2) is 0 Å². The lowest BCUT2D eigenvalue weighted by atomic mass is 10.1. The summed E-state index contributed by atoms with van der Waals surface area (Å²) in [4.78, 5) is 48.8. The number of primary amides is 1. The minimum Gasteiger partial charge on any atom is -0.366 e. The molecule has 4 amide bonds. The number of nitrogens with two attached hydrogens (primary N) is 1. The van der Waals surface area contributed by atoms with E-state index in [1.54, 1.807) is 6.07 Å². The summed E-state index contributed by atoms with van der Waals surface area (Å²) in [5.74, 6) is -1.91. The largest absolute Gasteiger partial charge is 0.366 e. The van der Waals surface area contributed by atoms with Crippen LogP contribution in [0, 0.1) is 0 Å². The van der Waals surface area contributed by atoms with Gasteiger partial charge in [-0.3, -0.25) is 24.1 Å². The molecule has 0 radical (unpaired) electrons. The van der Waals surface area contributed by atoms with Gasteiger partial charge in [0.25, 0.3) is 17.7 Å². The smallest absolute Gasteiger partial charge is 0.253 e. The molecule has 2 heterocycles. The molecule has 2 aromatic rings. The molecule has 0 unspecified atom stereocenters. The maximum absolute atomic E-state index is 12.2. The highest BCUT2D eigenvalue weighted by Crippen LogP contribution is 2.29. The summed E-state index contributed by atoms with van der Waals surface area (Å²) in [7, 11) is 0. The van der Waals surface area contributed by atoms with Crippen molar-refractivity contribution >= 4 is 40.0 Å². The van der Waals surface area contributed by atoms with Gasteiger partial charge in [-0.2, -0.15) is 0 Å². The Hall–Kier alpha value is -3.26. The molecule has 1 aromatic carbocycles. The van der Waals surface area contributed by atoms with Crippen LogP contribution in [0.2, 0.25) is 0 Å². The summed E-state index contributed by atoms with van der Waals surface area (Å²) in [5.41, 5.74) is 6.74. The van der Waals surface area contributed by atoms with Gasteiger partial charge in [0.1, 0.15) is 5.00 Å². The fourth-order valence-electron chi connectivity index (χ4n) is 2.66. The van der Waals surface area contributed by atoms with Crippen LogP contribution in [0.15, 0.2) is 48.6 Å². The van der Waals surface area contributed by atoms with Gasteiger partial charge in [0.05, 0.1) is 5.56 Å². The van der Waals surface area contributed by atoms with Gasteiger partial charge in [-0.15, -0.1) is 11.3 Å². The monoisotopic (exact) mass is 383 g/mol. The Bertz CT molecular complexity index is 916. The van der Waals surface area contributed by atoms with Gasteiger partial charge in [0.2, 0.25) is 5.91 Å². The second-order valence-corrected chi connectivity index (χ2v) is 7.08. The Morgan fingerprint density at radius 2 is 1.74 bits per heavy atom. The second kappa shape index (κ2) is 7.96. The number of nitrogens with zero attached hydrogens (tertiary/aromatic N) is 1. The average Bonchev–Trinajstić information content (AvgIpc) is 3.17. The van der Waals surface area contributed by atoms with Crippen molar-refractivity contribution in [2.24, 2.45) is 5.73 Å². The maximum atomic E-state index is 12.2. The number of imide groups is 1. The molecular weight excluding hydrogens is 366 g/mol. The van der Waals surface area contributed by atoms with E-state index in [1.807, 2.05) is 30.3 Å². The maximum Gasteiger partial charge on any atom is 0.253 e. The normalized spacial score (nSPS) is 13.3. The number of anilines is 1. The number of thiophene rings is 1. The number of benzene rings is 1. The van der Waals surface area contributed by atoms with Gasteiger partial charge in [-0.05, 0) is 11.6 Å². The third-order valence-electron chi connectivity index (χ3n) is 3.99. The van der Waals surface area contributed by atoms with Crippen LogP contribution in [-0.2, 0) is 20.8 Å². The van der Waals surface area contributed by atoms with Crippen LogP contribution in [-0.4, -0.2) is 35.1 Å². The van der Waals surface area contributed by atoms with Gasteiger partial charge in [-0.25, -0.2) is 0 Å². The van der Waals surface area contributed by atoms with Crippen molar-refractivity contribution < 1.29 is 19.2 Å². The number of hydrogen-bond acceptors (Lipinski definition) is 5. The van der Waals surface area contributed by atoms with Crippen molar-refractivity contribution in [2.75, 3.05) is 11.9 Å². The molecule has 3 rings (SSSR count). The van der Waals surface area contributed by atoms with Crippen molar-refractivity contribution in [3.05, 3.63) is 64.6 Å². The van der Waals surface area contributed by atoms with E-state index in [1.165, 1.54) is 23.5 Å². The summed E-state index contributed by atoms with van der Waals surface area (Å²) >= 11 is 1.28. The predicted octanol–water partition coefficient (Wildman–Crippen LogP) is 1.69. The molecule has 7 nitrogen and oxygen atoms in total. The third-order valence-corrected chi connectivity index (χ3v) is 5.04. The molecule has 1 aromatic heterocycles. The van der Waals surface area contributed by atoms with Gasteiger partial charge >= 0.3 is 0 Å². The van der Waals surface area contributed by atoms with E-state index in [0.717, 1.165) is 15.3 Å². The molecule has 1 aliphatic heterocycles. The number of nitrogens with one attached hydrogen (secondary N) is 1.